The zero-order valence-electron chi connectivity index (χ0n) is 17.6. The number of nitrogens with zero attached hydrogens (tertiary/aromatic N) is 5. The molecule has 0 aliphatic rings. The Bertz CT molecular complexity index is 1370. The molecule has 11 heteroatoms. The molecule has 3 heterocycles. The second-order valence-corrected chi connectivity index (χ2v) is 7.06. The molecule has 0 bridgehead atoms. The SMILES string of the molecule is Cn1ncc(C(=O)NCC(N)=CC=O)c1C(=O)Nc1ccn2cc(-c3ccccc3)nc2n1. The van der Waals surface area contributed by atoms with Gasteiger partial charge in [-0.25, -0.2) is 4.98 Å². The van der Waals surface area contributed by atoms with Crippen molar-refractivity contribution in [3.8, 4) is 11.3 Å². The lowest BCUT2D eigenvalue weighted by atomic mass is 10.2. The van der Waals surface area contributed by atoms with E-state index in [1.165, 1.54) is 10.9 Å². The molecule has 4 rings (SSSR count). The summed E-state index contributed by atoms with van der Waals surface area (Å²) in [6, 6.07) is 11.3. The highest BCUT2D eigenvalue weighted by Crippen LogP contribution is 2.19. The van der Waals surface area contributed by atoms with Gasteiger partial charge in [0.05, 0.1) is 24.0 Å². The minimum atomic E-state index is -0.566. The number of aromatic nitrogens is 5. The Kier molecular flexibility index (Phi) is 5.94. The number of carbonyl (C=O) groups excluding carboxylic acids is 3. The minimum Gasteiger partial charge on any atom is -0.400 e. The quantitative estimate of drug-likeness (QED) is 0.286. The van der Waals surface area contributed by atoms with Gasteiger partial charge in [-0.05, 0) is 12.1 Å². The summed E-state index contributed by atoms with van der Waals surface area (Å²) in [4.78, 5) is 44.8. The Morgan fingerprint density at radius 2 is 1.91 bits per heavy atom. The van der Waals surface area contributed by atoms with Gasteiger partial charge < -0.3 is 16.4 Å². The minimum absolute atomic E-state index is 0.0421. The van der Waals surface area contributed by atoms with Crippen LogP contribution in [0.1, 0.15) is 20.8 Å². The maximum Gasteiger partial charge on any atom is 0.275 e. The summed E-state index contributed by atoms with van der Waals surface area (Å²) in [6.45, 7) is -0.0463. The Labute approximate surface area is 187 Å². The number of anilines is 1. The molecule has 4 aromatic rings. The van der Waals surface area contributed by atoms with Gasteiger partial charge in [-0.15, -0.1) is 0 Å². The Morgan fingerprint density at radius 1 is 1.12 bits per heavy atom. The summed E-state index contributed by atoms with van der Waals surface area (Å²) < 4.78 is 3.04. The lowest BCUT2D eigenvalue weighted by molar-refractivity contribution is -0.104. The average molecular weight is 444 g/mol. The first-order valence-electron chi connectivity index (χ1n) is 9.89. The first kappa shape index (κ1) is 21.4. The summed E-state index contributed by atoms with van der Waals surface area (Å²) in [5.74, 6) is -0.446. The van der Waals surface area contributed by atoms with Crippen molar-refractivity contribution in [1.82, 2.24) is 29.5 Å². The van der Waals surface area contributed by atoms with Crippen molar-refractivity contribution in [1.29, 1.82) is 0 Å². The van der Waals surface area contributed by atoms with Gasteiger partial charge in [0.1, 0.15) is 17.8 Å². The molecule has 0 radical (unpaired) electrons. The molecule has 3 aromatic heterocycles. The van der Waals surface area contributed by atoms with Gasteiger partial charge in [-0.2, -0.15) is 10.1 Å². The van der Waals surface area contributed by atoms with Gasteiger partial charge in [0, 0.05) is 30.7 Å². The van der Waals surface area contributed by atoms with Gasteiger partial charge in [0.2, 0.25) is 5.78 Å². The molecule has 33 heavy (non-hydrogen) atoms. The standard InChI is InChI=1S/C22H20N8O3/c1-29-19(16(12-25-29)20(32)24-11-15(23)8-10-31)21(33)27-18-7-9-30-13-17(26-22(30)28-18)14-5-3-2-4-6-14/h2-10,12-13H,11,23H2,1H3,(H,24,32)(H,26,27,28,33). The van der Waals surface area contributed by atoms with Gasteiger partial charge in [0.25, 0.3) is 11.8 Å². The van der Waals surface area contributed by atoms with Crippen LogP contribution in [0.25, 0.3) is 17.0 Å². The largest absolute Gasteiger partial charge is 0.400 e. The normalized spacial score (nSPS) is 11.4. The van der Waals surface area contributed by atoms with E-state index in [1.807, 2.05) is 36.5 Å². The molecular formula is C22H20N8O3. The topological polar surface area (TPSA) is 149 Å². The number of hydrogen-bond donors (Lipinski definition) is 3. The van der Waals surface area contributed by atoms with Gasteiger partial charge in [-0.3, -0.25) is 23.5 Å². The fourth-order valence-electron chi connectivity index (χ4n) is 3.16. The highest BCUT2D eigenvalue weighted by molar-refractivity contribution is 6.10. The van der Waals surface area contributed by atoms with E-state index in [0.717, 1.165) is 17.3 Å². The van der Waals surface area contributed by atoms with Crippen LogP contribution in [0, 0.1) is 0 Å². The fourth-order valence-corrected chi connectivity index (χ4v) is 3.16. The van der Waals surface area contributed by atoms with Crippen molar-refractivity contribution >= 4 is 29.7 Å². The van der Waals surface area contributed by atoms with Gasteiger partial charge in [-0.1, -0.05) is 30.3 Å². The third kappa shape index (κ3) is 4.61. The lowest BCUT2D eigenvalue weighted by Gasteiger charge is -2.08. The number of hydrogen-bond acceptors (Lipinski definition) is 7. The Morgan fingerprint density at radius 3 is 2.67 bits per heavy atom. The third-order valence-electron chi connectivity index (χ3n) is 4.77. The van der Waals surface area contributed by atoms with Crippen LogP contribution in [0.5, 0.6) is 0 Å². The number of nitrogens with two attached hydrogens (primary N) is 1. The third-order valence-corrected chi connectivity index (χ3v) is 4.77. The number of aryl methyl sites for hydroxylation is 1. The highest BCUT2D eigenvalue weighted by atomic mass is 16.2. The van der Waals surface area contributed by atoms with Crippen LogP contribution in [-0.2, 0) is 11.8 Å². The van der Waals surface area contributed by atoms with E-state index < -0.39 is 11.8 Å². The van der Waals surface area contributed by atoms with Crippen molar-refractivity contribution in [2.75, 3.05) is 11.9 Å². The summed E-state index contributed by atoms with van der Waals surface area (Å²) in [5.41, 5.74) is 7.58. The number of imidazole rings is 1. The predicted molar refractivity (Wildman–Crippen MR) is 120 cm³/mol. The summed E-state index contributed by atoms with van der Waals surface area (Å²) in [5, 5.41) is 9.23. The van der Waals surface area contributed by atoms with Crippen LogP contribution in [-0.4, -0.2) is 48.8 Å². The molecule has 0 aliphatic carbocycles. The molecule has 4 N–H and O–H groups in total. The lowest BCUT2D eigenvalue weighted by Crippen LogP contribution is -2.30. The van der Waals surface area contributed by atoms with E-state index >= 15 is 0 Å². The Balaban J connectivity index is 1.53. The number of aldehydes is 1. The van der Waals surface area contributed by atoms with Crippen molar-refractivity contribution in [3.05, 3.63) is 78.0 Å². The monoisotopic (exact) mass is 444 g/mol. The first-order valence-corrected chi connectivity index (χ1v) is 9.89. The van der Waals surface area contributed by atoms with Gasteiger partial charge in [0.15, 0.2) is 0 Å². The molecule has 0 atom stereocenters. The summed E-state index contributed by atoms with van der Waals surface area (Å²) in [7, 11) is 1.55. The van der Waals surface area contributed by atoms with Crippen LogP contribution in [0.2, 0.25) is 0 Å². The molecule has 0 fully saturated rings. The molecule has 0 aliphatic heterocycles. The number of benzene rings is 1. The number of amides is 2. The predicted octanol–water partition coefficient (Wildman–Crippen LogP) is 1.15. The molecule has 166 valence electrons. The molecule has 0 spiro atoms. The highest BCUT2D eigenvalue weighted by Gasteiger charge is 2.22. The number of nitrogens with one attached hydrogen (secondary N) is 2. The van der Waals surface area contributed by atoms with Crippen molar-refractivity contribution in [2.45, 2.75) is 0 Å². The van der Waals surface area contributed by atoms with Crippen LogP contribution >= 0.6 is 0 Å². The molecule has 0 saturated carbocycles. The van der Waals surface area contributed by atoms with Crippen LogP contribution in [0.4, 0.5) is 5.82 Å². The van der Waals surface area contributed by atoms with Crippen LogP contribution < -0.4 is 16.4 Å². The molecule has 1 aromatic carbocycles. The zero-order valence-corrected chi connectivity index (χ0v) is 17.6. The number of rotatable bonds is 7. The van der Waals surface area contributed by atoms with Gasteiger partial charge >= 0.3 is 0 Å². The second-order valence-electron chi connectivity index (χ2n) is 7.06. The molecule has 0 unspecified atom stereocenters. The Hall–Kier alpha value is -4.80. The summed E-state index contributed by atoms with van der Waals surface area (Å²) >= 11 is 0. The first-order chi connectivity index (χ1) is 16.0. The number of fused-ring (bicyclic) bond motifs is 1. The number of allylic oxidation sites excluding steroid dienone is 1. The molecule has 11 nitrogen and oxygen atoms in total. The fraction of sp³-hybridized carbons (Fsp3) is 0.0909. The average Bonchev–Trinajstić information content (AvgIpc) is 3.41. The molecule has 2 amide bonds. The molecule has 0 saturated heterocycles. The van der Waals surface area contributed by atoms with E-state index in [4.69, 9.17) is 5.73 Å². The van der Waals surface area contributed by atoms with E-state index in [-0.39, 0.29) is 29.3 Å². The summed E-state index contributed by atoms with van der Waals surface area (Å²) in [6.07, 6.45) is 6.52. The molecular weight excluding hydrogens is 424 g/mol. The van der Waals surface area contributed by atoms with Crippen LogP contribution in [0.15, 0.2) is 66.8 Å². The van der Waals surface area contributed by atoms with Crippen LogP contribution in [0.3, 0.4) is 0 Å². The maximum absolute atomic E-state index is 12.9. The van der Waals surface area contributed by atoms with E-state index in [1.54, 1.807) is 23.7 Å². The maximum atomic E-state index is 12.9. The van der Waals surface area contributed by atoms with E-state index in [2.05, 4.69) is 25.7 Å². The van der Waals surface area contributed by atoms with Crippen molar-refractivity contribution < 1.29 is 14.4 Å². The van der Waals surface area contributed by atoms with E-state index in [9.17, 15) is 14.4 Å². The second kappa shape index (κ2) is 9.14. The zero-order chi connectivity index (χ0) is 23.4. The smallest absolute Gasteiger partial charge is 0.275 e. The van der Waals surface area contributed by atoms with Crippen molar-refractivity contribution in [2.24, 2.45) is 12.8 Å². The van der Waals surface area contributed by atoms with Crippen molar-refractivity contribution in [3.63, 3.8) is 0 Å². The number of carbonyl (C=O) groups is 3. The van der Waals surface area contributed by atoms with E-state index in [0.29, 0.717) is 12.1 Å².